The predicted octanol–water partition coefficient (Wildman–Crippen LogP) is 3.85. The first-order valence-corrected chi connectivity index (χ1v) is 10.6. The summed E-state index contributed by atoms with van der Waals surface area (Å²) in [5.74, 6) is 0.427. The number of amides is 1. The maximum Gasteiger partial charge on any atom is 0.254 e. The third kappa shape index (κ3) is 4.45. The molecule has 0 aromatic heterocycles. The van der Waals surface area contributed by atoms with Gasteiger partial charge in [0.1, 0.15) is 5.82 Å². The summed E-state index contributed by atoms with van der Waals surface area (Å²) in [4.78, 5) is 14.4. The average Bonchev–Trinajstić information content (AvgIpc) is 3.42. The number of rotatable bonds is 7. The number of carbonyl (C=O) groups excluding carboxylic acids is 1. The highest BCUT2D eigenvalue weighted by molar-refractivity contribution is 5.95. The van der Waals surface area contributed by atoms with Gasteiger partial charge in [-0.15, -0.1) is 0 Å². The molecule has 0 radical (unpaired) electrons. The fourth-order valence-electron chi connectivity index (χ4n) is 4.23. The number of nitrogens with one attached hydrogen (secondary N) is 2. The fraction of sp³-hybridized carbons (Fsp3) is 0.458. The van der Waals surface area contributed by atoms with Gasteiger partial charge in [-0.2, -0.15) is 0 Å². The van der Waals surface area contributed by atoms with Crippen molar-refractivity contribution in [1.29, 1.82) is 0 Å². The number of aryl methyl sites for hydroxylation is 1. The van der Waals surface area contributed by atoms with Crippen molar-refractivity contribution >= 4 is 11.6 Å². The second-order valence-corrected chi connectivity index (χ2v) is 8.79. The van der Waals surface area contributed by atoms with Gasteiger partial charge in [-0.05, 0) is 50.5 Å². The minimum atomic E-state index is -0.450. The number of anilines is 1. The minimum Gasteiger partial charge on any atom is -0.370 e. The fourth-order valence-corrected chi connectivity index (χ4v) is 4.23. The van der Waals surface area contributed by atoms with Gasteiger partial charge in [0.15, 0.2) is 0 Å². The van der Waals surface area contributed by atoms with Crippen LogP contribution in [0.5, 0.6) is 0 Å². The van der Waals surface area contributed by atoms with Crippen LogP contribution >= 0.6 is 0 Å². The van der Waals surface area contributed by atoms with E-state index in [4.69, 9.17) is 0 Å². The zero-order valence-electron chi connectivity index (χ0n) is 17.4. The van der Waals surface area contributed by atoms with Crippen LogP contribution in [0.2, 0.25) is 0 Å². The first-order valence-electron chi connectivity index (χ1n) is 10.6. The predicted molar refractivity (Wildman–Crippen MR) is 115 cm³/mol. The van der Waals surface area contributed by atoms with Gasteiger partial charge in [0, 0.05) is 49.2 Å². The molecule has 4 rings (SSSR count). The van der Waals surface area contributed by atoms with Crippen LogP contribution in [0.3, 0.4) is 0 Å². The Morgan fingerprint density at radius 2 is 1.93 bits per heavy atom. The lowest BCUT2D eigenvalue weighted by atomic mass is 9.96. The Balaban J connectivity index is 1.28. The van der Waals surface area contributed by atoms with Crippen molar-refractivity contribution in [3.05, 3.63) is 65.0 Å². The van der Waals surface area contributed by atoms with Gasteiger partial charge in [-0.3, -0.25) is 4.79 Å². The van der Waals surface area contributed by atoms with Gasteiger partial charge in [0.2, 0.25) is 0 Å². The van der Waals surface area contributed by atoms with Crippen LogP contribution < -0.4 is 15.5 Å². The van der Waals surface area contributed by atoms with Crippen LogP contribution in [0.25, 0.3) is 0 Å². The van der Waals surface area contributed by atoms with Crippen molar-refractivity contribution in [2.45, 2.75) is 45.2 Å². The van der Waals surface area contributed by atoms with Gasteiger partial charge in [-0.1, -0.05) is 30.3 Å². The molecule has 2 unspecified atom stereocenters. The molecular formula is C24H30FN3O. The topological polar surface area (TPSA) is 44.4 Å². The van der Waals surface area contributed by atoms with E-state index in [-0.39, 0.29) is 17.5 Å². The Morgan fingerprint density at radius 3 is 2.62 bits per heavy atom. The maximum absolute atomic E-state index is 14.5. The van der Waals surface area contributed by atoms with Gasteiger partial charge >= 0.3 is 0 Å². The Labute approximate surface area is 172 Å². The normalized spacial score (nSPS) is 21.2. The molecule has 29 heavy (non-hydrogen) atoms. The minimum absolute atomic E-state index is 0.0153. The molecule has 2 aliphatic rings. The molecule has 1 aliphatic carbocycles. The van der Waals surface area contributed by atoms with Crippen LogP contribution in [0, 0.1) is 18.7 Å². The van der Waals surface area contributed by atoms with Gasteiger partial charge in [-0.25, -0.2) is 4.39 Å². The molecule has 154 valence electrons. The molecule has 2 fully saturated rings. The van der Waals surface area contributed by atoms with Crippen molar-refractivity contribution in [1.82, 2.24) is 10.6 Å². The Hall–Kier alpha value is -2.40. The summed E-state index contributed by atoms with van der Waals surface area (Å²) in [5, 5.41) is 6.45. The molecule has 1 amide bonds. The van der Waals surface area contributed by atoms with E-state index in [1.165, 1.54) is 18.1 Å². The molecule has 2 aromatic carbocycles. The van der Waals surface area contributed by atoms with Crippen molar-refractivity contribution in [2.24, 2.45) is 5.92 Å². The zero-order valence-corrected chi connectivity index (χ0v) is 17.4. The molecule has 1 saturated carbocycles. The van der Waals surface area contributed by atoms with Crippen LogP contribution in [0.4, 0.5) is 10.1 Å². The Kier molecular flexibility index (Phi) is 5.59. The van der Waals surface area contributed by atoms with Crippen LogP contribution in [-0.2, 0) is 0 Å². The Bertz CT molecular complexity index is 877. The third-order valence-electron chi connectivity index (χ3n) is 5.93. The van der Waals surface area contributed by atoms with Crippen LogP contribution in [-0.4, -0.2) is 37.6 Å². The molecule has 0 bridgehead atoms. The van der Waals surface area contributed by atoms with E-state index in [1.54, 1.807) is 6.07 Å². The molecule has 1 heterocycles. The molecule has 4 nitrogen and oxygen atoms in total. The van der Waals surface area contributed by atoms with Crippen LogP contribution in [0.15, 0.2) is 42.5 Å². The first kappa shape index (κ1) is 19.9. The Morgan fingerprint density at radius 1 is 1.21 bits per heavy atom. The average molecular weight is 396 g/mol. The van der Waals surface area contributed by atoms with Gasteiger partial charge < -0.3 is 15.5 Å². The summed E-state index contributed by atoms with van der Waals surface area (Å²) in [6, 6.07) is 14.4. The van der Waals surface area contributed by atoms with Crippen molar-refractivity contribution in [3.63, 3.8) is 0 Å². The van der Waals surface area contributed by atoms with Crippen molar-refractivity contribution in [2.75, 3.05) is 24.5 Å². The SMILES string of the molecule is Cc1cc(C(=O)NC(C)C)c(F)cc1N1CC(CNC2CC2c2ccccc2)C1. The largest absolute Gasteiger partial charge is 0.370 e. The summed E-state index contributed by atoms with van der Waals surface area (Å²) >= 11 is 0. The van der Waals surface area contributed by atoms with E-state index in [2.05, 4.69) is 45.9 Å². The van der Waals surface area contributed by atoms with E-state index >= 15 is 0 Å². The zero-order chi connectivity index (χ0) is 20.5. The lowest BCUT2D eigenvalue weighted by molar-refractivity contribution is 0.0939. The summed E-state index contributed by atoms with van der Waals surface area (Å²) in [7, 11) is 0. The molecule has 2 aromatic rings. The lowest BCUT2D eigenvalue weighted by Crippen LogP contribution is -2.51. The van der Waals surface area contributed by atoms with E-state index in [0.29, 0.717) is 17.9 Å². The molecule has 2 atom stereocenters. The standard InChI is InChI=1S/C24H30FN3O/c1-15(2)27-24(29)20-9-16(3)23(11-21(20)25)28-13-17(14-28)12-26-22-10-19(22)18-7-5-4-6-8-18/h4-9,11,15,17,19,22,26H,10,12-14H2,1-3H3,(H,27,29). The highest BCUT2D eigenvalue weighted by atomic mass is 19.1. The summed E-state index contributed by atoms with van der Waals surface area (Å²) in [5.41, 5.74) is 3.39. The summed E-state index contributed by atoms with van der Waals surface area (Å²) in [6.07, 6.45) is 1.21. The number of benzene rings is 2. The quantitative estimate of drug-likeness (QED) is 0.748. The van der Waals surface area contributed by atoms with Gasteiger partial charge in [0.05, 0.1) is 5.56 Å². The van der Waals surface area contributed by atoms with Gasteiger partial charge in [0.25, 0.3) is 5.91 Å². The van der Waals surface area contributed by atoms with Crippen molar-refractivity contribution in [3.8, 4) is 0 Å². The first-order chi connectivity index (χ1) is 13.9. The smallest absolute Gasteiger partial charge is 0.254 e. The van der Waals surface area contributed by atoms with Crippen molar-refractivity contribution < 1.29 is 9.18 Å². The number of halogens is 1. The number of hydrogen-bond acceptors (Lipinski definition) is 3. The van der Waals surface area contributed by atoms with Crippen LogP contribution in [0.1, 0.15) is 47.7 Å². The monoisotopic (exact) mass is 395 g/mol. The molecule has 1 aliphatic heterocycles. The van der Waals surface area contributed by atoms with E-state index in [1.807, 2.05) is 20.8 Å². The van der Waals surface area contributed by atoms with E-state index < -0.39 is 5.82 Å². The second kappa shape index (κ2) is 8.15. The molecule has 1 saturated heterocycles. The third-order valence-corrected chi connectivity index (χ3v) is 5.93. The lowest BCUT2D eigenvalue weighted by Gasteiger charge is -2.42. The summed E-state index contributed by atoms with van der Waals surface area (Å²) < 4.78 is 14.5. The second-order valence-electron chi connectivity index (χ2n) is 8.79. The molecular weight excluding hydrogens is 365 g/mol. The highest BCUT2D eigenvalue weighted by Gasteiger charge is 2.39. The number of carbonyl (C=O) groups is 1. The molecule has 0 spiro atoms. The van der Waals surface area contributed by atoms with E-state index in [9.17, 15) is 9.18 Å². The number of hydrogen-bond donors (Lipinski definition) is 2. The summed E-state index contributed by atoms with van der Waals surface area (Å²) in [6.45, 7) is 8.53. The maximum atomic E-state index is 14.5. The molecule has 2 N–H and O–H groups in total. The molecule has 5 heteroatoms. The van der Waals surface area contributed by atoms with E-state index in [0.717, 1.165) is 30.9 Å². The number of nitrogens with zero attached hydrogens (tertiary/aromatic N) is 1. The highest BCUT2D eigenvalue weighted by Crippen LogP contribution is 2.41.